The van der Waals surface area contributed by atoms with E-state index in [0.29, 0.717) is 22.7 Å². The molecule has 27 heavy (non-hydrogen) atoms. The second-order valence-electron chi connectivity index (χ2n) is 6.11. The second-order valence-corrected chi connectivity index (χ2v) is 7.14. The molecule has 3 N–H and O–H groups in total. The van der Waals surface area contributed by atoms with Crippen LogP contribution in [0.25, 0.3) is 10.1 Å². The lowest BCUT2D eigenvalue weighted by Gasteiger charge is -2.06. The van der Waals surface area contributed by atoms with Crippen molar-refractivity contribution in [3.63, 3.8) is 0 Å². The Hall–Kier alpha value is -3.38. The Bertz CT molecular complexity index is 1150. The molecule has 0 saturated carbocycles. The fourth-order valence-corrected chi connectivity index (χ4v) is 3.77. The minimum atomic E-state index is 0.110. The van der Waals surface area contributed by atoms with E-state index >= 15 is 0 Å². The van der Waals surface area contributed by atoms with Gasteiger partial charge in [-0.25, -0.2) is 0 Å². The zero-order valence-corrected chi connectivity index (χ0v) is 15.0. The molecule has 4 rings (SSSR count). The third-order valence-electron chi connectivity index (χ3n) is 4.18. The van der Waals surface area contributed by atoms with E-state index in [1.807, 2.05) is 48.5 Å². The Morgan fingerprint density at radius 1 is 0.815 bits per heavy atom. The van der Waals surface area contributed by atoms with Gasteiger partial charge in [0, 0.05) is 22.1 Å². The van der Waals surface area contributed by atoms with E-state index in [1.54, 1.807) is 6.07 Å². The van der Waals surface area contributed by atoms with Crippen LogP contribution < -0.4 is 0 Å². The van der Waals surface area contributed by atoms with E-state index < -0.39 is 0 Å². The van der Waals surface area contributed by atoms with Crippen LogP contribution in [0.3, 0.4) is 0 Å². The Balaban J connectivity index is 1.59. The number of azo groups is 1. The molecule has 1 aromatic heterocycles. The Morgan fingerprint density at radius 2 is 1.67 bits per heavy atom. The Kier molecular flexibility index (Phi) is 4.48. The van der Waals surface area contributed by atoms with Gasteiger partial charge in [-0.1, -0.05) is 24.3 Å². The van der Waals surface area contributed by atoms with Gasteiger partial charge in [-0.2, -0.15) is 0 Å². The van der Waals surface area contributed by atoms with Crippen LogP contribution >= 0.6 is 11.3 Å². The molecule has 6 heteroatoms. The fourth-order valence-electron chi connectivity index (χ4n) is 2.85. The second kappa shape index (κ2) is 7.09. The minimum absolute atomic E-state index is 0.110. The highest BCUT2D eigenvalue weighted by Gasteiger charge is 2.10. The number of thiophene rings is 1. The smallest absolute Gasteiger partial charge is 0.181 e. The summed E-state index contributed by atoms with van der Waals surface area (Å²) in [4.78, 5) is 0. The summed E-state index contributed by atoms with van der Waals surface area (Å²) in [7, 11) is 0. The van der Waals surface area contributed by atoms with Crippen molar-refractivity contribution < 1.29 is 15.3 Å². The molecule has 0 atom stereocenters. The molecule has 0 bridgehead atoms. The SMILES string of the molecule is Oc1ccc(O)c(Cc2cccc(N=Nc3sc4ccccc4c3O)c2)c1. The quantitative estimate of drug-likeness (QED) is 0.300. The van der Waals surface area contributed by atoms with Crippen LogP contribution in [0.15, 0.2) is 77.0 Å². The summed E-state index contributed by atoms with van der Waals surface area (Å²) >= 11 is 1.38. The number of hydrogen-bond acceptors (Lipinski definition) is 6. The van der Waals surface area contributed by atoms with E-state index in [9.17, 15) is 15.3 Å². The third kappa shape index (κ3) is 3.61. The van der Waals surface area contributed by atoms with E-state index in [2.05, 4.69) is 10.2 Å². The maximum absolute atomic E-state index is 10.3. The first-order valence-electron chi connectivity index (χ1n) is 8.32. The first-order valence-corrected chi connectivity index (χ1v) is 9.14. The van der Waals surface area contributed by atoms with Gasteiger partial charge in [0.15, 0.2) is 10.8 Å². The molecule has 3 aromatic carbocycles. The van der Waals surface area contributed by atoms with E-state index in [1.165, 1.54) is 23.5 Å². The van der Waals surface area contributed by atoms with Crippen molar-refractivity contribution in [2.24, 2.45) is 10.2 Å². The van der Waals surface area contributed by atoms with Crippen molar-refractivity contribution in [3.8, 4) is 17.2 Å². The van der Waals surface area contributed by atoms with E-state index in [-0.39, 0.29) is 17.2 Å². The van der Waals surface area contributed by atoms with E-state index in [4.69, 9.17) is 0 Å². The average molecular weight is 376 g/mol. The summed E-state index contributed by atoms with van der Waals surface area (Å²) < 4.78 is 0.956. The van der Waals surface area contributed by atoms with Gasteiger partial charge in [0.1, 0.15) is 11.5 Å². The number of rotatable bonds is 4. The molecule has 0 fully saturated rings. The lowest BCUT2D eigenvalue weighted by molar-refractivity contribution is 0.455. The number of fused-ring (bicyclic) bond motifs is 1. The number of phenols is 2. The zero-order valence-electron chi connectivity index (χ0n) is 14.2. The summed E-state index contributed by atoms with van der Waals surface area (Å²) in [6.45, 7) is 0. The first-order chi connectivity index (χ1) is 13.1. The largest absolute Gasteiger partial charge is 0.508 e. The molecular weight excluding hydrogens is 360 g/mol. The zero-order chi connectivity index (χ0) is 18.8. The predicted octanol–water partition coefficient (Wildman–Crippen LogP) is 6.02. The summed E-state index contributed by atoms with van der Waals surface area (Å²) in [5.74, 6) is 0.383. The van der Waals surface area contributed by atoms with Crippen molar-refractivity contribution in [1.82, 2.24) is 0 Å². The van der Waals surface area contributed by atoms with Crippen molar-refractivity contribution >= 4 is 32.1 Å². The van der Waals surface area contributed by atoms with Crippen LogP contribution in [-0.2, 0) is 6.42 Å². The van der Waals surface area contributed by atoms with Gasteiger partial charge < -0.3 is 15.3 Å². The lowest BCUT2D eigenvalue weighted by atomic mass is 10.0. The van der Waals surface area contributed by atoms with Gasteiger partial charge in [0.25, 0.3) is 0 Å². The van der Waals surface area contributed by atoms with Gasteiger partial charge in [0.2, 0.25) is 0 Å². The van der Waals surface area contributed by atoms with Crippen molar-refractivity contribution in [2.75, 3.05) is 0 Å². The highest BCUT2D eigenvalue weighted by Crippen LogP contribution is 2.43. The standard InChI is InChI=1S/C21H16N2O3S/c24-16-8-9-18(25)14(12-16)10-13-4-3-5-15(11-13)22-23-21-20(26)17-6-1-2-7-19(17)27-21/h1-9,11-12,24-26H,10H2. The Morgan fingerprint density at radius 3 is 2.52 bits per heavy atom. The number of aromatic hydroxyl groups is 3. The molecule has 0 unspecified atom stereocenters. The van der Waals surface area contributed by atoms with Gasteiger partial charge >= 0.3 is 0 Å². The van der Waals surface area contributed by atoms with Crippen LogP contribution in [-0.4, -0.2) is 15.3 Å². The molecule has 0 amide bonds. The monoisotopic (exact) mass is 376 g/mol. The molecule has 0 spiro atoms. The molecule has 1 heterocycles. The summed E-state index contributed by atoms with van der Waals surface area (Å²) in [5.41, 5.74) is 2.20. The summed E-state index contributed by atoms with van der Waals surface area (Å²) in [6.07, 6.45) is 0.456. The summed E-state index contributed by atoms with van der Waals surface area (Å²) in [6, 6.07) is 19.5. The van der Waals surface area contributed by atoms with Crippen molar-refractivity contribution in [1.29, 1.82) is 0 Å². The molecule has 0 aliphatic carbocycles. The molecule has 5 nitrogen and oxygen atoms in total. The van der Waals surface area contributed by atoms with Crippen LogP contribution in [0.2, 0.25) is 0 Å². The third-order valence-corrected chi connectivity index (χ3v) is 5.22. The van der Waals surface area contributed by atoms with Gasteiger partial charge in [-0.3, -0.25) is 0 Å². The number of hydrogen-bond donors (Lipinski definition) is 3. The molecule has 0 radical (unpaired) electrons. The molecule has 0 aliphatic heterocycles. The predicted molar refractivity (Wildman–Crippen MR) is 107 cm³/mol. The summed E-state index contributed by atoms with van der Waals surface area (Å²) in [5, 5.41) is 39.5. The van der Waals surface area contributed by atoms with Gasteiger partial charge in [-0.05, 0) is 48.0 Å². The van der Waals surface area contributed by atoms with Crippen LogP contribution in [0, 0.1) is 0 Å². The highest BCUT2D eigenvalue weighted by atomic mass is 32.1. The van der Waals surface area contributed by atoms with Gasteiger partial charge in [-0.15, -0.1) is 21.6 Å². The molecule has 134 valence electrons. The maximum Gasteiger partial charge on any atom is 0.181 e. The number of benzene rings is 3. The lowest BCUT2D eigenvalue weighted by Crippen LogP contribution is -1.88. The molecule has 4 aromatic rings. The number of nitrogens with zero attached hydrogens (tertiary/aromatic N) is 2. The number of phenolic OH excluding ortho intramolecular Hbond substituents is 2. The maximum atomic E-state index is 10.3. The van der Waals surface area contributed by atoms with E-state index in [0.717, 1.165) is 15.6 Å². The molecular formula is C21H16N2O3S. The van der Waals surface area contributed by atoms with Crippen LogP contribution in [0.4, 0.5) is 10.7 Å². The topological polar surface area (TPSA) is 85.4 Å². The minimum Gasteiger partial charge on any atom is -0.508 e. The van der Waals surface area contributed by atoms with Crippen molar-refractivity contribution in [3.05, 3.63) is 77.9 Å². The average Bonchev–Trinajstić information content (AvgIpc) is 3.00. The molecule has 0 aliphatic rings. The highest BCUT2D eigenvalue weighted by molar-refractivity contribution is 7.23. The van der Waals surface area contributed by atoms with Crippen LogP contribution in [0.1, 0.15) is 11.1 Å². The van der Waals surface area contributed by atoms with Crippen molar-refractivity contribution in [2.45, 2.75) is 6.42 Å². The van der Waals surface area contributed by atoms with Crippen LogP contribution in [0.5, 0.6) is 17.2 Å². The molecule has 0 saturated heterocycles. The Labute approximate surface area is 159 Å². The normalized spacial score (nSPS) is 11.4. The first kappa shape index (κ1) is 17.1. The van der Waals surface area contributed by atoms with Gasteiger partial charge in [0.05, 0.1) is 5.69 Å². The fraction of sp³-hybridized carbons (Fsp3) is 0.0476.